The molecule has 5 heteroatoms. The summed E-state index contributed by atoms with van der Waals surface area (Å²) < 4.78 is 11.2. The van der Waals surface area contributed by atoms with Gasteiger partial charge in [0.2, 0.25) is 11.7 Å². The van der Waals surface area contributed by atoms with Gasteiger partial charge < -0.3 is 9.26 Å². The molecule has 0 aliphatic carbocycles. The lowest BCUT2D eigenvalue weighted by atomic mass is 9.80. The van der Waals surface area contributed by atoms with Crippen molar-refractivity contribution in [3.8, 4) is 17.1 Å². The number of hydrogen-bond donors (Lipinski definition) is 0. The summed E-state index contributed by atoms with van der Waals surface area (Å²) >= 11 is 0. The number of para-hydroxylation sites is 1. The lowest BCUT2D eigenvalue weighted by Gasteiger charge is -2.36. The molecule has 1 fully saturated rings. The Bertz CT molecular complexity index is 696. The zero-order chi connectivity index (χ0) is 17.9. The quantitative estimate of drug-likeness (QED) is 0.739. The normalized spacial score (nSPS) is 18.6. The smallest absolute Gasteiger partial charge is 0.241 e. The molecule has 0 spiro atoms. The zero-order valence-corrected chi connectivity index (χ0v) is 15.8. The van der Waals surface area contributed by atoms with Gasteiger partial charge in [-0.1, -0.05) is 38.1 Å². The first kappa shape index (κ1) is 17.9. The Labute approximate surface area is 150 Å². The Morgan fingerprint density at radius 3 is 2.84 bits per heavy atom. The molecule has 1 aromatic carbocycles. The highest BCUT2D eigenvalue weighted by Gasteiger charge is 2.36. The first-order chi connectivity index (χ1) is 12.0. The highest BCUT2D eigenvalue weighted by Crippen LogP contribution is 2.36. The van der Waals surface area contributed by atoms with Crippen molar-refractivity contribution in [2.24, 2.45) is 5.41 Å². The molecular weight excluding hydrogens is 314 g/mol. The largest absolute Gasteiger partial charge is 0.493 e. The van der Waals surface area contributed by atoms with Gasteiger partial charge in [0.1, 0.15) is 5.75 Å². The molecule has 0 saturated carbocycles. The third kappa shape index (κ3) is 3.87. The van der Waals surface area contributed by atoms with E-state index >= 15 is 0 Å². The summed E-state index contributed by atoms with van der Waals surface area (Å²) in [5.41, 5.74) is 1.19. The first-order valence-electron chi connectivity index (χ1n) is 9.34. The van der Waals surface area contributed by atoms with Crippen molar-refractivity contribution < 1.29 is 9.26 Å². The number of nitrogens with zero attached hydrogens (tertiary/aromatic N) is 3. The Morgan fingerprint density at radius 2 is 2.08 bits per heavy atom. The van der Waals surface area contributed by atoms with E-state index in [0.29, 0.717) is 29.8 Å². The highest BCUT2D eigenvalue weighted by molar-refractivity contribution is 5.63. The van der Waals surface area contributed by atoms with Gasteiger partial charge in [0.15, 0.2) is 0 Å². The molecule has 0 amide bonds. The maximum absolute atomic E-state index is 5.68. The molecule has 2 heterocycles. The summed E-state index contributed by atoms with van der Waals surface area (Å²) in [6.45, 7) is 11.4. The Kier molecular flexibility index (Phi) is 5.42. The van der Waals surface area contributed by atoms with Gasteiger partial charge in [-0.25, -0.2) is 0 Å². The van der Waals surface area contributed by atoms with Gasteiger partial charge in [-0.2, -0.15) is 4.98 Å². The number of aromatic nitrogens is 2. The van der Waals surface area contributed by atoms with Gasteiger partial charge in [0.05, 0.1) is 18.7 Å². The summed E-state index contributed by atoms with van der Waals surface area (Å²) in [6.07, 6.45) is 3.66. The van der Waals surface area contributed by atoms with E-state index in [1.54, 1.807) is 0 Å². The van der Waals surface area contributed by atoms with Crippen molar-refractivity contribution >= 4 is 0 Å². The van der Waals surface area contributed by atoms with E-state index in [2.05, 4.69) is 35.8 Å². The van der Waals surface area contributed by atoms with E-state index in [0.717, 1.165) is 24.4 Å². The van der Waals surface area contributed by atoms with Crippen LogP contribution in [0.5, 0.6) is 5.75 Å². The van der Waals surface area contributed by atoms with Crippen LogP contribution in [0.2, 0.25) is 0 Å². The second-order valence-corrected chi connectivity index (χ2v) is 7.41. The third-order valence-corrected chi connectivity index (χ3v) is 5.41. The lowest BCUT2D eigenvalue weighted by molar-refractivity contribution is 0.105. The minimum atomic E-state index is 0.306. The van der Waals surface area contributed by atoms with Crippen LogP contribution < -0.4 is 4.74 Å². The Hall–Kier alpha value is -1.88. The van der Waals surface area contributed by atoms with Gasteiger partial charge >= 0.3 is 0 Å². The number of benzene rings is 1. The molecule has 2 aromatic rings. The predicted octanol–water partition coefficient (Wildman–Crippen LogP) is 4.54. The molecule has 0 bridgehead atoms. The van der Waals surface area contributed by atoms with Crippen LogP contribution in [0, 0.1) is 5.41 Å². The number of ether oxygens (including phenoxy) is 1. The standard InChI is InChI=1S/C20H29N3O2/c1-5-20(3,4)17-12-9-13-23(17)14-18-21-19(22-25-18)15-10-7-8-11-16(15)24-6-2/h7-8,10-11,17H,5-6,9,12-14H2,1-4H3/t17-/m1/s1. The average molecular weight is 343 g/mol. The minimum Gasteiger partial charge on any atom is -0.493 e. The van der Waals surface area contributed by atoms with E-state index in [1.165, 1.54) is 19.3 Å². The van der Waals surface area contributed by atoms with Crippen LogP contribution in [0.15, 0.2) is 28.8 Å². The fourth-order valence-electron chi connectivity index (χ4n) is 3.67. The molecule has 25 heavy (non-hydrogen) atoms. The van der Waals surface area contributed by atoms with Gasteiger partial charge in [0, 0.05) is 6.04 Å². The summed E-state index contributed by atoms with van der Waals surface area (Å²) in [4.78, 5) is 7.13. The third-order valence-electron chi connectivity index (χ3n) is 5.41. The Balaban J connectivity index is 1.76. The van der Waals surface area contributed by atoms with Gasteiger partial charge in [-0.3, -0.25) is 4.90 Å². The second-order valence-electron chi connectivity index (χ2n) is 7.41. The van der Waals surface area contributed by atoms with Crippen molar-refractivity contribution in [3.63, 3.8) is 0 Å². The zero-order valence-electron chi connectivity index (χ0n) is 15.8. The van der Waals surface area contributed by atoms with Crippen molar-refractivity contribution in [3.05, 3.63) is 30.2 Å². The Morgan fingerprint density at radius 1 is 1.28 bits per heavy atom. The van der Waals surface area contributed by atoms with Crippen molar-refractivity contribution in [2.75, 3.05) is 13.2 Å². The lowest BCUT2D eigenvalue weighted by Crippen LogP contribution is -2.40. The molecule has 0 unspecified atom stereocenters. The van der Waals surface area contributed by atoms with Crippen molar-refractivity contribution in [1.29, 1.82) is 0 Å². The van der Waals surface area contributed by atoms with Crippen LogP contribution in [0.4, 0.5) is 0 Å². The van der Waals surface area contributed by atoms with E-state index in [-0.39, 0.29) is 0 Å². The number of likely N-dealkylation sites (tertiary alicyclic amines) is 1. The molecule has 1 aromatic heterocycles. The summed E-state index contributed by atoms with van der Waals surface area (Å²) in [5.74, 6) is 2.08. The van der Waals surface area contributed by atoms with E-state index in [4.69, 9.17) is 9.26 Å². The maximum Gasteiger partial charge on any atom is 0.241 e. The average Bonchev–Trinajstić information content (AvgIpc) is 3.26. The molecule has 1 atom stereocenters. The van der Waals surface area contributed by atoms with E-state index < -0.39 is 0 Å². The molecular formula is C20H29N3O2. The van der Waals surface area contributed by atoms with Crippen LogP contribution in [-0.2, 0) is 6.54 Å². The fourth-order valence-corrected chi connectivity index (χ4v) is 3.67. The van der Waals surface area contributed by atoms with Gasteiger partial charge in [-0.05, 0) is 50.3 Å². The van der Waals surface area contributed by atoms with Gasteiger partial charge in [-0.15, -0.1) is 0 Å². The predicted molar refractivity (Wildman–Crippen MR) is 98.4 cm³/mol. The summed E-state index contributed by atoms with van der Waals surface area (Å²) in [7, 11) is 0. The van der Waals surface area contributed by atoms with Crippen molar-refractivity contribution in [1.82, 2.24) is 15.0 Å². The van der Waals surface area contributed by atoms with Crippen LogP contribution in [0.25, 0.3) is 11.4 Å². The number of hydrogen-bond acceptors (Lipinski definition) is 5. The topological polar surface area (TPSA) is 51.4 Å². The fraction of sp³-hybridized carbons (Fsp3) is 0.600. The van der Waals surface area contributed by atoms with E-state index in [9.17, 15) is 0 Å². The molecule has 0 radical (unpaired) electrons. The van der Waals surface area contributed by atoms with Gasteiger partial charge in [0.25, 0.3) is 0 Å². The molecule has 1 aliphatic rings. The van der Waals surface area contributed by atoms with E-state index in [1.807, 2.05) is 31.2 Å². The second kappa shape index (κ2) is 7.56. The monoisotopic (exact) mass is 343 g/mol. The first-order valence-corrected chi connectivity index (χ1v) is 9.34. The molecule has 136 valence electrons. The van der Waals surface area contributed by atoms with Crippen LogP contribution >= 0.6 is 0 Å². The van der Waals surface area contributed by atoms with Crippen LogP contribution in [-0.4, -0.2) is 34.2 Å². The molecule has 3 rings (SSSR count). The molecule has 0 N–H and O–H groups in total. The minimum absolute atomic E-state index is 0.306. The highest BCUT2D eigenvalue weighted by atomic mass is 16.5. The molecule has 5 nitrogen and oxygen atoms in total. The maximum atomic E-state index is 5.68. The summed E-state index contributed by atoms with van der Waals surface area (Å²) in [6, 6.07) is 8.41. The van der Waals surface area contributed by atoms with Crippen LogP contribution in [0.1, 0.15) is 52.8 Å². The SMILES string of the molecule is CCOc1ccccc1-c1noc(CN2CCC[C@@H]2C(C)(C)CC)n1. The summed E-state index contributed by atoms with van der Waals surface area (Å²) in [5, 5.41) is 4.19. The molecule has 1 aliphatic heterocycles. The molecule has 1 saturated heterocycles. The number of rotatable bonds is 7. The van der Waals surface area contributed by atoms with Crippen LogP contribution in [0.3, 0.4) is 0 Å². The van der Waals surface area contributed by atoms with Crippen molar-refractivity contribution in [2.45, 2.75) is 59.5 Å².